The number of rotatable bonds is 2. The van der Waals surface area contributed by atoms with Crippen LogP contribution >= 0.6 is 0 Å². The van der Waals surface area contributed by atoms with Crippen molar-refractivity contribution < 1.29 is 4.39 Å². The fourth-order valence-corrected chi connectivity index (χ4v) is 1.62. The summed E-state index contributed by atoms with van der Waals surface area (Å²) >= 11 is 0. The molecule has 0 unspecified atom stereocenters. The third kappa shape index (κ3) is 2.46. The number of anilines is 3. The fraction of sp³-hybridized carbons (Fsp3) is 0. The second-order valence-electron chi connectivity index (χ2n) is 3.81. The van der Waals surface area contributed by atoms with Crippen LogP contribution in [-0.4, -0.2) is 0 Å². The Kier molecular flexibility index (Phi) is 3.31. The zero-order valence-electron chi connectivity index (χ0n) is 9.81. The monoisotopic (exact) mass is 252 g/mol. The first-order chi connectivity index (χ1) is 9.15. The van der Waals surface area contributed by atoms with E-state index in [1.165, 1.54) is 18.2 Å². The standard InChI is InChI=1S/C14H9FN4/c15-12-5-4-11(6-10(12)8-17)19-13-3-1-2-9(7-16)14(13)18/h1-6,19H,18H2. The maximum absolute atomic E-state index is 13.2. The normalized spacial score (nSPS) is 9.42. The van der Waals surface area contributed by atoms with E-state index in [-0.39, 0.29) is 5.56 Å². The van der Waals surface area contributed by atoms with Crippen molar-refractivity contribution in [2.24, 2.45) is 0 Å². The van der Waals surface area contributed by atoms with Gasteiger partial charge in [-0.2, -0.15) is 10.5 Å². The molecule has 0 saturated heterocycles. The van der Waals surface area contributed by atoms with E-state index >= 15 is 0 Å². The Morgan fingerprint density at radius 3 is 2.47 bits per heavy atom. The molecule has 0 spiro atoms. The maximum Gasteiger partial charge on any atom is 0.141 e. The van der Waals surface area contributed by atoms with Gasteiger partial charge in [-0.05, 0) is 30.3 Å². The lowest BCUT2D eigenvalue weighted by molar-refractivity contribution is 0.624. The van der Waals surface area contributed by atoms with Crippen LogP contribution in [0.15, 0.2) is 36.4 Å². The fourth-order valence-electron chi connectivity index (χ4n) is 1.62. The van der Waals surface area contributed by atoms with Gasteiger partial charge < -0.3 is 11.1 Å². The van der Waals surface area contributed by atoms with Crippen LogP contribution in [-0.2, 0) is 0 Å². The molecule has 2 aromatic rings. The highest BCUT2D eigenvalue weighted by atomic mass is 19.1. The molecular weight excluding hydrogens is 243 g/mol. The van der Waals surface area contributed by atoms with Crippen molar-refractivity contribution in [1.29, 1.82) is 10.5 Å². The zero-order valence-corrected chi connectivity index (χ0v) is 9.81. The Bertz CT molecular complexity index is 710. The number of nitrogens with two attached hydrogens (primary N) is 1. The molecule has 5 heteroatoms. The number of halogens is 1. The van der Waals surface area contributed by atoms with Gasteiger partial charge in [0.25, 0.3) is 0 Å². The summed E-state index contributed by atoms with van der Waals surface area (Å²) in [6.07, 6.45) is 0. The molecule has 0 aliphatic rings. The molecule has 0 bridgehead atoms. The smallest absolute Gasteiger partial charge is 0.141 e. The molecule has 0 aromatic heterocycles. The number of hydrogen-bond acceptors (Lipinski definition) is 4. The lowest BCUT2D eigenvalue weighted by Crippen LogP contribution is -1.99. The number of nitriles is 2. The SMILES string of the molecule is N#Cc1cc(Nc2cccc(C#N)c2N)ccc1F. The summed E-state index contributed by atoms with van der Waals surface area (Å²) in [4.78, 5) is 0. The molecule has 92 valence electrons. The number of nitrogens with one attached hydrogen (secondary N) is 1. The number of nitrogen functional groups attached to an aromatic ring is 1. The van der Waals surface area contributed by atoms with Crippen LogP contribution in [0.25, 0.3) is 0 Å². The molecule has 0 fully saturated rings. The molecule has 2 rings (SSSR count). The van der Waals surface area contributed by atoms with Gasteiger partial charge in [0.2, 0.25) is 0 Å². The van der Waals surface area contributed by atoms with Gasteiger partial charge in [0.05, 0.1) is 22.5 Å². The average molecular weight is 252 g/mol. The lowest BCUT2D eigenvalue weighted by atomic mass is 10.1. The summed E-state index contributed by atoms with van der Waals surface area (Å²) in [6.45, 7) is 0. The van der Waals surface area contributed by atoms with Crippen LogP contribution in [0.3, 0.4) is 0 Å². The number of para-hydroxylation sites is 1. The first-order valence-electron chi connectivity index (χ1n) is 5.41. The van der Waals surface area contributed by atoms with Crippen LogP contribution in [0.1, 0.15) is 11.1 Å². The molecule has 0 radical (unpaired) electrons. The summed E-state index contributed by atoms with van der Waals surface area (Å²) in [5.74, 6) is -0.577. The minimum atomic E-state index is -0.577. The Hall–Kier alpha value is -3.05. The first-order valence-corrected chi connectivity index (χ1v) is 5.41. The van der Waals surface area contributed by atoms with E-state index in [0.29, 0.717) is 22.6 Å². The Morgan fingerprint density at radius 1 is 1.05 bits per heavy atom. The summed E-state index contributed by atoms with van der Waals surface area (Å²) in [5.41, 5.74) is 7.49. The van der Waals surface area contributed by atoms with E-state index in [0.717, 1.165) is 0 Å². The molecule has 0 aliphatic heterocycles. The van der Waals surface area contributed by atoms with Gasteiger partial charge in [0.1, 0.15) is 18.0 Å². The van der Waals surface area contributed by atoms with Crippen molar-refractivity contribution in [3.05, 3.63) is 53.3 Å². The van der Waals surface area contributed by atoms with Gasteiger partial charge in [-0.15, -0.1) is 0 Å². The predicted molar refractivity (Wildman–Crippen MR) is 70.0 cm³/mol. The summed E-state index contributed by atoms with van der Waals surface area (Å²) in [7, 11) is 0. The predicted octanol–water partition coefficient (Wildman–Crippen LogP) is 2.89. The molecular formula is C14H9FN4. The van der Waals surface area contributed by atoms with Gasteiger partial charge in [0, 0.05) is 5.69 Å². The quantitative estimate of drug-likeness (QED) is 0.804. The van der Waals surface area contributed by atoms with Gasteiger partial charge in [-0.25, -0.2) is 4.39 Å². The highest BCUT2D eigenvalue weighted by molar-refractivity contribution is 5.77. The third-order valence-electron chi connectivity index (χ3n) is 2.59. The van der Waals surface area contributed by atoms with Crippen LogP contribution in [0, 0.1) is 28.5 Å². The van der Waals surface area contributed by atoms with Gasteiger partial charge >= 0.3 is 0 Å². The van der Waals surface area contributed by atoms with Crippen LogP contribution in [0.4, 0.5) is 21.5 Å². The van der Waals surface area contributed by atoms with E-state index in [4.69, 9.17) is 16.3 Å². The minimum Gasteiger partial charge on any atom is -0.396 e. The van der Waals surface area contributed by atoms with Crippen LogP contribution in [0.5, 0.6) is 0 Å². The molecule has 0 heterocycles. The number of benzene rings is 2. The molecule has 19 heavy (non-hydrogen) atoms. The summed E-state index contributed by atoms with van der Waals surface area (Å²) in [5, 5.41) is 20.6. The molecule has 2 aromatic carbocycles. The highest BCUT2D eigenvalue weighted by Gasteiger charge is 2.06. The van der Waals surface area contributed by atoms with Gasteiger partial charge in [-0.1, -0.05) is 6.07 Å². The lowest BCUT2D eigenvalue weighted by Gasteiger charge is -2.10. The van der Waals surface area contributed by atoms with Crippen molar-refractivity contribution in [3.63, 3.8) is 0 Å². The average Bonchev–Trinajstić information content (AvgIpc) is 2.43. The summed E-state index contributed by atoms with van der Waals surface area (Å²) < 4.78 is 13.2. The largest absolute Gasteiger partial charge is 0.396 e. The topological polar surface area (TPSA) is 85.6 Å². The minimum absolute atomic E-state index is 0.0555. The summed E-state index contributed by atoms with van der Waals surface area (Å²) in [6, 6.07) is 12.8. The molecule has 4 nitrogen and oxygen atoms in total. The van der Waals surface area contributed by atoms with Gasteiger partial charge in [0.15, 0.2) is 0 Å². The van der Waals surface area contributed by atoms with Gasteiger partial charge in [-0.3, -0.25) is 0 Å². The molecule has 0 amide bonds. The van der Waals surface area contributed by atoms with E-state index in [1.807, 2.05) is 6.07 Å². The molecule has 0 saturated carbocycles. The van der Waals surface area contributed by atoms with Crippen LogP contribution < -0.4 is 11.1 Å². The van der Waals surface area contributed by atoms with E-state index < -0.39 is 5.82 Å². The second-order valence-corrected chi connectivity index (χ2v) is 3.81. The Balaban J connectivity index is 2.38. The third-order valence-corrected chi connectivity index (χ3v) is 2.59. The van der Waals surface area contributed by atoms with Crippen molar-refractivity contribution in [3.8, 4) is 12.1 Å². The number of hydrogen-bond donors (Lipinski definition) is 2. The van der Waals surface area contributed by atoms with Crippen molar-refractivity contribution in [2.45, 2.75) is 0 Å². The van der Waals surface area contributed by atoms with Crippen molar-refractivity contribution >= 4 is 17.1 Å². The maximum atomic E-state index is 13.2. The van der Waals surface area contributed by atoms with Crippen LogP contribution in [0.2, 0.25) is 0 Å². The van der Waals surface area contributed by atoms with E-state index in [2.05, 4.69) is 5.32 Å². The first kappa shape index (κ1) is 12.4. The Labute approximate surface area is 109 Å². The van der Waals surface area contributed by atoms with E-state index in [1.54, 1.807) is 24.3 Å². The molecule has 0 aliphatic carbocycles. The highest BCUT2D eigenvalue weighted by Crippen LogP contribution is 2.26. The van der Waals surface area contributed by atoms with Crippen molar-refractivity contribution in [2.75, 3.05) is 11.1 Å². The zero-order chi connectivity index (χ0) is 13.8. The molecule has 3 N–H and O–H groups in total. The number of nitrogens with zero attached hydrogens (tertiary/aromatic N) is 2. The Morgan fingerprint density at radius 2 is 1.79 bits per heavy atom. The molecule has 0 atom stereocenters. The second kappa shape index (κ2) is 5.07. The van der Waals surface area contributed by atoms with Crippen molar-refractivity contribution in [1.82, 2.24) is 0 Å². The van der Waals surface area contributed by atoms with E-state index in [9.17, 15) is 4.39 Å².